The van der Waals surface area contributed by atoms with E-state index in [1.165, 1.54) is 12.3 Å². The highest BCUT2D eigenvalue weighted by molar-refractivity contribution is 5.83. The Morgan fingerprint density at radius 2 is 1.62 bits per heavy atom. The number of aromatic nitrogens is 2. The Kier molecular flexibility index (Phi) is 14.3. The number of unbranched alkanes of at least 4 members (excludes halogenated alkanes) is 1. The van der Waals surface area contributed by atoms with Gasteiger partial charge in [-0.05, 0) is 35.8 Å². The fourth-order valence-corrected chi connectivity index (χ4v) is 4.30. The standard InChI is InChI=1S/C29H44N6O10/c1-8-9-12-41-28(40)32-20-10-11-35(27(39)31-20)26-24(43-22(37)14-18(4)5)25(44-23(38)15-19(6)7)29(45-26,33-34-30)16-42-21(36)13-17(2)3/h10-11,17-19,24-26H,8-9,12-16H2,1-7H3,(H,31,32,39,40)/t24-,25+,26?,29-/m1/s1. The predicted octanol–water partition coefficient (Wildman–Crippen LogP) is 4.63. The number of nitrogens with zero attached hydrogens (tertiary/aromatic N) is 5. The van der Waals surface area contributed by atoms with Crippen LogP contribution in [-0.4, -0.2) is 64.7 Å². The average molecular weight is 637 g/mol. The van der Waals surface area contributed by atoms with Crippen LogP contribution < -0.4 is 11.0 Å². The molecule has 1 N–H and O–H groups in total. The fraction of sp³-hybridized carbons (Fsp3) is 0.724. The molecule has 1 aliphatic heterocycles. The molecule has 16 heteroatoms. The van der Waals surface area contributed by atoms with Crippen LogP contribution in [0.25, 0.3) is 10.4 Å². The van der Waals surface area contributed by atoms with Crippen LogP contribution in [0.3, 0.4) is 0 Å². The molecule has 4 atom stereocenters. The van der Waals surface area contributed by atoms with Crippen LogP contribution >= 0.6 is 0 Å². The van der Waals surface area contributed by atoms with Gasteiger partial charge in [-0.25, -0.2) is 9.59 Å². The summed E-state index contributed by atoms with van der Waals surface area (Å²) in [5, 5.41) is 6.10. The van der Waals surface area contributed by atoms with Crippen molar-refractivity contribution in [3.63, 3.8) is 0 Å². The van der Waals surface area contributed by atoms with Gasteiger partial charge in [0.05, 0.1) is 6.61 Å². The number of ether oxygens (including phenoxy) is 5. The van der Waals surface area contributed by atoms with E-state index < -0.39 is 60.5 Å². The van der Waals surface area contributed by atoms with Crippen LogP contribution in [0.15, 0.2) is 22.2 Å². The van der Waals surface area contributed by atoms with Gasteiger partial charge in [0, 0.05) is 30.4 Å². The van der Waals surface area contributed by atoms with Crippen LogP contribution in [-0.2, 0) is 38.1 Å². The van der Waals surface area contributed by atoms with Crippen LogP contribution in [0.2, 0.25) is 0 Å². The number of anilines is 1. The van der Waals surface area contributed by atoms with E-state index in [9.17, 15) is 29.5 Å². The molecule has 45 heavy (non-hydrogen) atoms. The third-order valence-electron chi connectivity index (χ3n) is 6.32. The first-order valence-corrected chi connectivity index (χ1v) is 15.0. The van der Waals surface area contributed by atoms with Crippen LogP contribution in [0.5, 0.6) is 0 Å². The van der Waals surface area contributed by atoms with Gasteiger partial charge in [0.2, 0.25) is 5.72 Å². The molecule has 1 saturated heterocycles. The van der Waals surface area contributed by atoms with Crippen molar-refractivity contribution < 1.29 is 42.9 Å². The Labute approximate surface area is 261 Å². The Morgan fingerprint density at radius 3 is 2.18 bits per heavy atom. The minimum absolute atomic E-state index is 0.0269. The van der Waals surface area contributed by atoms with E-state index in [2.05, 4.69) is 20.3 Å². The van der Waals surface area contributed by atoms with Crippen LogP contribution in [0.1, 0.15) is 86.8 Å². The van der Waals surface area contributed by atoms with E-state index in [4.69, 9.17) is 23.7 Å². The summed E-state index contributed by atoms with van der Waals surface area (Å²) in [5.41, 5.74) is 6.36. The minimum Gasteiger partial charge on any atom is -0.462 e. The smallest absolute Gasteiger partial charge is 0.412 e. The normalized spacial score (nSPS) is 20.9. The molecule has 250 valence electrons. The third kappa shape index (κ3) is 11.4. The highest BCUT2D eigenvalue weighted by Gasteiger charge is 2.61. The van der Waals surface area contributed by atoms with Crippen molar-refractivity contribution in [1.82, 2.24) is 9.55 Å². The van der Waals surface area contributed by atoms with Gasteiger partial charge in [-0.1, -0.05) is 60.0 Å². The molecule has 2 heterocycles. The molecule has 1 unspecified atom stereocenters. The van der Waals surface area contributed by atoms with Crippen LogP contribution in [0.4, 0.5) is 10.6 Å². The first-order valence-electron chi connectivity index (χ1n) is 15.0. The second-order valence-electron chi connectivity index (χ2n) is 12.0. The van der Waals surface area contributed by atoms with Gasteiger partial charge in [-0.15, -0.1) is 0 Å². The molecule has 0 radical (unpaired) electrons. The molecular weight excluding hydrogens is 592 g/mol. The van der Waals surface area contributed by atoms with E-state index >= 15 is 0 Å². The molecule has 1 fully saturated rings. The van der Waals surface area contributed by atoms with Crippen molar-refractivity contribution >= 4 is 29.8 Å². The quantitative estimate of drug-likeness (QED) is 0.0660. The van der Waals surface area contributed by atoms with Gasteiger partial charge in [0.1, 0.15) is 12.4 Å². The maximum Gasteiger partial charge on any atom is 0.412 e. The summed E-state index contributed by atoms with van der Waals surface area (Å²) in [6, 6.07) is 1.27. The van der Waals surface area contributed by atoms with Crippen molar-refractivity contribution in [3.8, 4) is 0 Å². The summed E-state index contributed by atoms with van der Waals surface area (Å²) < 4.78 is 28.9. The van der Waals surface area contributed by atoms with Gasteiger partial charge >= 0.3 is 29.7 Å². The molecule has 16 nitrogen and oxygen atoms in total. The average Bonchev–Trinajstić information content (AvgIpc) is 3.19. The van der Waals surface area contributed by atoms with E-state index in [-0.39, 0.29) is 49.4 Å². The third-order valence-corrected chi connectivity index (χ3v) is 6.32. The summed E-state index contributed by atoms with van der Waals surface area (Å²) >= 11 is 0. The monoisotopic (exact) mass is 636 g/mol. The molecule has 1 amide bonds. The number of hydrogen-bond donors (Lipinski definition) is 1. The SMILES string of the molecule is CCCCOC(=O)Nc1ccn(C2O[C@@](COC(=O)CC(C)C)(N=[N+]=[N-])[C@@H](OC(=O)CC(C)C)[C@H]2OC(=O)CC(C)C)c(=O)n1. The number of rotatable bonds is 16. The summed E-state index contributed by atoms with van der Waals surface area (Å²) in [6.45, 7) is 12.1. The molecule has 0 spiro atoms. The Morgan fingerprint density at radius 1 is 1.02 bits per heavy atom. The van der Waals surface area contributed by atoms with Crippen molar-refractivity contribution in [3.05, 3.63) is 33.2 Å². The second kappa shape index (κ2) is 17.4. The van der Waals surface area contributed by atoms with Crippen molar-refractivity contribution in [1.29, 1.82) is 0 Å². The fourth-order valence-electron chi connectivity index (χ4n) is 4.30. The van der Waals surface area contributed by atoms with Gasteiger partial charge in [0.15, 0.2) is 18.4 Å². The first kappa shape index (κ1) is 37.0. The number of azide groups is 1. The summed E-state index contributed by atoms with van der Waals surface area (Å²) in [5.74, 6) is -2.53. The van der Waals surface area contributed by atoms with Crippen LogP contribution in [0, 0.1) is 17.8 Å². The van der Waals surface area contributed by atoms with Crippen molar-refractivity contribution in [2.24, 2.45) is 22.9 Å². The van der Waals surface area contributed by atoms with Gasteiger partial charge in [-0.3, -0.25) is 24.3 Å². The second-order valence-corrected chi connectivity index (χ2v) is 12.0. The number of carbonyl (C=O) groups excluding carboxylic acids is 4. The Balaban J connectivity index is 2.59. The molecule has 0 saturated carbocycles. The summed E-state index contributed by atoms with van der Waals surface area (Å²) in [6.07, 6.45) is -2.94. The number of hydrogen-bond acceptors (Lipinski definition) is 12. The molecular formula is C29H44N6O10. The zero-order valence-corrected chi connectivity index (χ0v) is 26.9. The van der Waals surface area contributed by atoms with Crippen molar-refractivity contribution in [2.75, 3.05) is 18.5 Å². The van der Waals surface area contributed by atoms with Gasteiger partial charge < -0.3 is 23.7 Å². The molecule has 2 rings (SSSR count). The predicted molar refractivity (Wildman–Crippen MR) is 159 cm³/mol. The van der Waals surface area contributed by atoms with E-state index in [0.717, 1.165) is 11.0 Å². The van der Waals surface area contributed by atoms with Gasteiger partial charge in [0.25, 0.3) is 0 Å². The lowest BCUT2D eigenvalue weighted by Gasteiger charge is -2.30. The van der Waals surface area contributed by atoms with Gasteiger partial charge in [-0.2, -0.15) is 4.98 Å². The lowest BCUT2D eigenvalue weighted by atomic mass is 10.0. The topological polar surface area (TPSA) is 210 Å². The molecule has 0 aliphatic carbocycles. The molecule has 1 aliphatic rings. The zero-order valence-electron chi connectivity index (χ0n) is 26.9. The number of esters is 3. The lowest BCUT2D eigenvalue weighted by Crippen LogP contribution is -2.49. The lowest BCUT2D eigenvalue weighted by molar-refractivity contribution is -0.180. The molecule has 1 aromatic heterocycles. The van der Waals surface area contributed by atoms with Crippen molar-refractivity contribution in [2.45, 2.75) is 105 Å². The zero-order chi connectivity index (χ0) is 33.7. The summed E-state index contributed by atoms with van der Waals surface area (Å²) in [7, 11) is 0. The minimum atomic E-state index is -2.24. The van der Waals surface area contributed by atoms with E-state index in [1.807, 2.05) is 6.92 Å². The maximum atomic E-state index is 13.3. The number of amides is 1. The number of carbonyl (C=O) groups is 4. The number of nitrogens with one attached hydrogen (secondary N) is 1. The molecule has 0 aromatic carbocycles. The highest BCUT2D eigenvalue weighted by Crippen LogP contribution is 2.42. The Bertz CT molecular complexity index is 1290. The summed E-state index contributed by atoms with van der Waals surface area (Å²) in [4.78, 5) is 70.4. The first-order chi connectivity index (χ1) is 21.2. The Hall–Kier alpha value is -4.17. The van der Waals surface area contributed by atoms with E-state index in [0.29, 0.717) is 6.42 Å². The molecule has 0 bridgehead atoms. The van der Waals surface area contributed by atoms with E-state index in [1.54, 1.807) is 41.5 Å². The largest absolute Gasteiger partial charge is 0.462 e. The highest BCUT2D eigenvalue weighted by atomic mass is 16.7. The molecule has 1 aromatic rings. The maximum absolute atomic E-state index is 13.3.